The molecule has 1 amide bonds. The van der Waals surface area contributed by atoms with Crippen LogP contribution in [0.3, 0.4) is 0 Å². The number of pyridine rings is 1. The van der Waals surface area contributed by atoms with Crippen LogP contribution in [-0.4, -0.2) is 79.6 Å². The number of thioether (sulfide) groups is 1. The Morgan fingerprint density at radius 2 is 1.88 bits per heavy atom. The zero-order chi connectivity index (χ0) is 28.6. The number of aromatic nitrogens is 5. The highest BCUT2D eigenvalue weighted by Gasteiger charge is 2.46. The van der Waals surface area contributed by atoms with Crippen molar-refractivity contribution in [3.8, 4) is 17.1 Å². The molecule has 3 fully saturated rings. The highest BCUT2D eigenvalue weighted by molar-refractivity contribution is 7.99. The monoisotopic (exact) mass is 588 g/mol. The Morgan fingerprint density at radius 3 is 2.59 bits per heavy atom. The van der Waals surface area contributed by atoms with E-state index < -0.39 is 6.36 Å². The third-order valence-corrected chi connectivity index (χ3v) is 9.05. The van der Waals surface area contributed by atoms with E-state index >= 15 is 0 Å². The van der Waals surface area contributed by atoms with Gasteiger partial charge in [0.1, 0.15) is 23.2 Å². The lowest BCUT2D eigenvalue weighted by molar-refractivity contribution is -0.274. The SMILES string of the molecule is CC(=O)N1CCC2(CC1)CN(c1cc(Nc3cc(OC(F)(F)F)ccn3)nc(-c3cnn(C4CCSCC4)c3)n1)C2. The van der Waals surface area contributed by atoms with Gasteiger partial charge in [0.15, 0.2) is 5.82 Å². The van der Waals surface area contributed by atoms with Gasteiger partial charge in [-0.05, 0) is 43.3 Å². The molecule has 0 aromatic carbocycles. The second-order valence-electron chi connectivity index (χ2n) is 10.9. The second kappa shape index (κ2) is 11.0. The van der Waals surface area contributed by atoms with Gasteiger partial charge < -0.3 is 19.9 Å². The predicted molar refractivity (Wildman–Crippen MR) is 149 cm³/mol. The number of alkyl halides is 3. The molecule has 3 aliphatic heterocycles. The van der Waals surface area contributed by atoms with Crippen molar-refractivity contribution in [2.24, 2.45) is 5.41 Å². The van der Waals surface area contributed by atoms with Gasteiger partial charge in [-0.25, -0.2) is 15.0 Å². The molecule has 1 spiro atoms. The molecule has 41 heavy (non-hydrogen) atoms. The minimum atomic E-state index is -4.81. The number of ether oxygens (including phenoxy) is 1. The molecule has 0 unspecified atom stereocenters. The molecule has 0 radical (unpaired) electrons. The summed E-state index contributed by atoms with van der Waals surface area (Å²) in [7, 11) is 0. The first kappa shape index (κ1) is 27.6. The van der Waals surface area contributed by atoms with Crippen molar-refractivity contribution in [1.29, 1.82) is 0 Å². The number of anilines is 3. The molecule has 218 valence electrons. The predicted octanol–water partition coefficient (Wildman–Crippen LogP) is 4.89. The molecule has 0 saturated carbocycles. The van der Waals surface area contributed by atoms with E-state index in [1.54, 1.807) is 19.2 Å². The van der Waals surface area contributed by atoms with E-state index in [9.17, 15) is 18.0 Å². The van der Waals surface area contributed by atoms with Crippen LogP contribution in [0.4, 0.5) is 30.6 Å². The first-order chi connectivity index (χ1) is 19.6. The van der Waals surface area contributed by atoms with Gasteiger partial charge in [0.05, 0.1) is 17.8 Å². The molecule has 3 saturated heterocycles. The van der Waals surface area contributed by atoms with E-state index in [1.165, 1.54) is 12.3 Å². The average molecular weight is 589 g/mol. The molecular weight excluding hydrogens is 557 g/mol. The summed E-state index contributed by atoms with van der Waals surface area (Å²) in [5.74, 6) is 3.68. The summed E-state index contributed by atoms with van der Waals surface area (Å²) in [6.45, 7) is 4.73. The molecule has 3 aromatic rings. The number of carbonyl (C=O) groups is 1. The zero-order valence-electron chi connectivity index (χ0n) is 22.6. The van der Waals surface area contributed by atoms with Gasteiger partial charge in [-0.3, -0.25) is 9.48 Å². The third-order valence-electron chi connectivity index (χ3n) is 8.00. The summed E-state index contributed by atoms with van der Waals surface area (Å²) in [5.41, 5.74) is 0.902. The summed E-state index contributed by atoms with van der Waals surface area (Å²) in [5, 5.41) is 7.63. The summed E-state index contributed by atoms with van der Waals surface area (Å²) in [4.78, 5) is 29.5. The standard InChI is InChI=1S/C27H31F3N8O2S/c1-18(39)36-8-5-26(6-9-36)16-37(17-26)24-13-23(33-22-12-21(2-7-31-22)40-27(28,29)30)34-25(35-24)19-14-32-38(15-19)20-3-10-41-11-4-20/h2,7,12-15,20H,3-6,8-11,16-17H2,1H3,(H,31,33,34,35). The van der Waals surface area contributed by atoms with Gasteiger partial charge in [0.2, 0.25) is 5.91 Å². The lowest BCUT2D eigenvalue weighted by Gasteiger charge is -2.54. The van der Waals surface area contributed by atoms with Gasteiger partial charge in [0.25, 0.3) is 0 Å². The number of hydrogen-bond donors (Lipinski definition) is 1. The molecule has 6 rings (SSSR count). The normalized spacial score (nSPS) is 19.2. The number of hydrogen-bond acceptors (Lipinski definition) is 9. The Kier molecular flexibility index (Phi) is 7.43. The van der Waals surface area contributed by atoms with E-state index in [4.69, 9.17) is 4.98 Å². The number of rotatable bonds is 6. The lowest BCUT2D eigenvalue weighted by Crippen LogP contribution is -2.61. The van der Waals surface area contributed by atoms with Crippen LogP contribution in [0, 0.1) is 5.41 Å². The summed E-state index contributed by atoms with van der Waals surface area (Å²) < 4.78 is 44.3. The molecule has 6 heterocycles. The Bertz CT molecular complexity index is 1400. The van der Waals surface area contributed by atoms with Crippen LogP contribution in [0.5, 0.6) is 5.75 Å². The van der Waals surface area contributed by atoms with Crippen LogP contribution in [0.2, 0.25) is 0 Å². The van der Waals surface area contributed by atoms with Crippen LogP contribution in [0.1, 0.15) is 38.6 Å². The summed E-state index contributed by atoms with van der Waals surface area (Å²) in [6.07, 6.45) is 4.15. The minimum Gasteiger partial charge on any atom is -0.406 e. The van der Waals surface area contributed by atoms with Crippen molar-refractivity contribution in [3.05, 3.63) is 36.8 Å². The Hall–Kier alpha value is -3.55. The Morgan fingerprint density at radius 1 is 1.12 bits per heavy atom. The molecule has 0 aliphatic carbocycles. The van der Waals surface area contributed by atoms with Crippen molar-refractivity contribution in [1.82, 2.24) is 29.6 Å². The number of nitrogens with one attached hydrogen (secondary N) is 1. The summed E-state index contributed by atoms with van der Waals surface area (Å²) in [6, 6.07) is 4.44. The first-order valence-corrected chi connectivity index (χ1v) is 14.8. The first-order valence-electron chi connectivity index (χ1n) is 13.7. The molecule has 0 bridgehead atoms. The highest BCUT2D eigenvalue weighted by atomic mass is 32.2. The van der Waals surface area contributed by atoms with Crippen molar-refractivity contribution < 1.29 is 22.7 Å². The van der Waals surface area contributed by atoms with Gasteiger partial charge >= 0.3 is 6.36 Å². The second-order valence-corrected chi connectivity index (χ2v) is 12.1. The van der Waals surface area contributed by atoms with Crippen molar-refractivity contribution in [3.63, 3.8) is 0 Å². The van der Waals surface area contributed by atoms with Crippen LogP contribution >= 0.6 is 11.8 Å². The van der Waals surface area contributed by atoms with Crippen LogP contribution in [0.25, 0.3) is 11.4 Å². The maximum atomic E-state index is 12.8. The number of halogens is 3. The number of amides is 1. The molecule has 10 nitrogen and oxygen atoms in total. The zero-order valence-corrected chi connectivity index (χ0v) is 23.4. The number of piperidine rings is 1. The summed E-state index contributed by atoms with van der Waals surface area (Å²) >= 11 is 1.95. The molecule has 3 aliphatic rings. The average Bonchev–Trinajstić information content (AvgIpc) is 3.42. The topological polar surface area (TPSA) is 101 Å². The molecule has 3 aromatic heterocycles. The van der Waals surface area contributed by atoms with Gasteiger partial charge in [-0.2, -0.15) is 16.9 Å². The molecule has 14 heteroatoms. The third kappa shape index (κ3) is 6.36. The maximum Gasteiger partial charge on any atom is 0.573 e. The maximum absolute atomic E-state index is 12.8. The largest absolute Gasteiger partial charge is 0.573 e. The molecular formula is C27H31F3N8O2S. The number of nitrogens with zero attached hydrogens (tertiary/aromatic N) is 7. The Labute approximate surface area is 239 Å². The van der Waals surface area contributed by atoms with Gasteiger partial charge in [0, 0.05) is 63.0 Å². The van der Waals surface area contributed by atoms with Gasteiger partial charge in [-0.1, -0.05) is 0 Å². The van der Waals surface area contributed by atoms with Crippen molar-refractivity contribution >= 4 is 35.1 Å². The smallest absolute Gasteiger partial charge is 0.406 e. The van der Waals surface area contributed by atoms with Crippen molar-refractivity contribution in [2.45, 2.75) is 45.0 Å². The minimum absolute atomic E-state index is 0.109. The van der Waals surface area contributed by atoms with Crippen LogP contribution in [-0.2, 0) is 4.79 Å². The lowest BCUT2D eigenvalue weighted by atomic mass is 9.72. The van der Waals surface area contributed by atoms with E-state index in [0.717, 1.165) is 75.0 Å². The van der Waals surface area contributed by atoms with Crippen LogP contribution < -0.4 is 15.0 Å². The highest BCUT2D eigenvalue weighted by Crippen LogP contribution is 2.43. The van der Waals surface area contributed by atoms with E-state index in [-0.39, 0.29) is 22.9 Å². The fraction of sp³-hybridized carbons (Fsp3) is 0.519. The quantitative estimate of drug-likeness (QED) is 0.431. The fourth-order valence-electron chi connectivity index (χ4n) is 5.74. The van der Waals surface area contributed by atoms with E-state index in [0.29, 0.717) is 23.5 Å². The number of likely N-dealkylation sites (tertiary alicyclic amines) is 1. The molecule has 1 N–H and O–H groups in total. The van der Waals surface area contributed by atoms with Crippen LogP contribution in [0.15, 0.2) is 36.8 Å². The van der Waals surface area contributed by atoms with E-state index in [2.05, 4.69) is 30.0 Å². The molecule has 0 atom stereocenters. The van der Waals surface area contributed by atoms with E-state index in [1.807, 2.05) is 27.5 Å². The van der Waals surface area contributed by atoms with Crippen molar-refractivity contribution in [2.75, 3.05) is 47.9 Å². The van der Waals surface area contributed by atoms with Gasteiger partial charge in [-0.15, -0.1) is 13.2 Å². The fourth-order valence-corrected chi connectivity index (χ4v) is 6.82. The Balaban J connectivity index is 1.25. The number of carbonyl (C=O) groups excluding carboxylic acids is 1.